The molecule has 27 heavy (non-hydrogen) atoms. The first-order valence-electron chi connectivity index (χ1n) is 10.1. The molecule has 0 atom stereocenters. The molecule has 3 rings (SSSR count). The van der Waals surface area contributed by atoms with Crippen LogP contribution in [0, 0.1) is 0 Å². The number of amides is 1. The minimum absolute atomic E-state index is 0.798. The lowest BCUT2D eigenvalue weighted by molar-refractivity contribution is -0.107. The maximum atomic E-state index is 11.5. The largest absolute Gasteiger partial charge is 0.367 e. The number of rotatable bonds is 11. The summed E-state index contributed by atoms with van der Waals surface area (Å²) < 4.78 is 0. The monoisotopic (exact) mass is 366 g/mol. The number of unbranched alkanes of at least 4 members (excludes halogenated alkanes) is 5. The third-order valence-corrected chi connectivity index (χ3v) is 5.09. The maximum absolute atomic E-state index is 11.5. The Hall–Kier alpha value is -2.56. The van der Waals surface area contributed by atoms with Crippen LogP contribution in [0.3, 0.4) is 0 Å². The van der Waals surface area contributed by atoms with Crippen LogP contribution >= 0.6 is 0 Å². The van der Waals surface area contributed by atoms with Crippen LogP contribution in [0.1, 0.15) is 62.4 Å². The average molecular weight is 367 g/mol. The van der Waals surface area contributed by atoms with Gasteiger partial charge in [0.2, 0.25) is 6.41 Å². The number of hydrogen-bond acceptors (Lipinski definition) is 3. The van der Waals surface area contributed by atoms with E-state index in [9.17, 15) is 4.79 Å². The SMILES string of the molecule is CCCCCCCCN(C=O)c1ccc(CN2C=Cc3nc[nH]c3C2)cc1. The Balaban J connectivity index is 1.48. The van der Waals surface area contributed by atoms with Crippen molar-refractivity contribution in [3.63, 3.8) is 0 Å². The molecular formula is C22H30N4O. The third kappa shape index (κ3) is 5.46. The molecule has 1 amide bonds. The number of hydrogen-bond donors (Lipinski definition) is 1. The van der Waals surface area contributed by atoms with Gasteiger partial charge in [-0.25, -0.2) is 4.98 Å². The molecule has 0 spiro atoms. The average Bonchev–Trinajstić information content (AvgIpc) is 3.16. The molecule has 5 heteroatoms. The fourth-order valence-corrected chi connectivity index (χ4v) is 3.47. The second-order valence-electron chi connectivity index (χ2n) is 7.22. The zero-order valence-corrected chi connectivity index (χ0v) is 16.2. The normalized spacial score (nSPS) is 12.9. The van der Waals surface area contributed by atoms with Gasteiger partial charge in [-0.3, -0.25) is 4.79 Å². The molecule has 0 fully saturated rings. The summed E-state index contributed by atoms with van der Waals surface area (Å²) >= 11 is 0. The summed E-state index contributed by atoms with van der Waals surface area (Å²) in [5.41, 5.74) is 4.39. The lowest BCUT2D eigenvalue weighted by Crippen LogP contribution is -2.22. The van der Waals surface area contributed by atoms with Crippen LogP contribution in [0.25, 0.3) is 6.08 Å². The Bertz CT molecular complexity index is 735. The van der Waals surface area contributed by atoms with E-state index in [0.717, 1.165) is 49.5 Å². The minimum atomic E-state index is 0.798. The van der Waals surface area contributed by atoms with E-state index in [1.165, 1.54) is 37.7 Å². The van der Waals surface area contributed by atoms with Crippen molar-refractivity contribution in [2.24, 2.45) is 0 Å². The molecule has 1 N–H and O–H groups in total. The number of nitrogens with one attached hydrogen (secondary N) is 1. The summed E-state index contributed by atoms with van der Waals surface area (Å²) in [6.45, 7) is 4.71. The molecule has 0 unspecified atom stereocenters. The van der Waals surface area contributed by atoms with Gasteiger partial charge in [-0.15, -0.1) is 0 Å². The van der Waals surface area contributed by atoms with Crippen LogP contribution < -0.4 is 4.90 Å². The molecule has 0 bridgehead atoms. The summed E-state index contributed by atoms with van der Waals surface area (Å²) in [5.74, 6) is 0. The Morgan fingerprint density at radius 3 is 2.70 bits per heavy atom. The van der Waals surface area contributed by atoms with Crippen LogP contribution in [0.5, 0.6) is 0 Å². The second-order valence-corrected chi connectivity index (χ2v) is 7.22. The van der Waals surface area contributed by atoms with Crippen molar-refractivity contribution in [1.82, 2.24) is 14.9 Å². The standard InChI is InChI=1S/C22H30N4O/c1-2-3-4-5-6-7-13-26(18-27)20-10-8-19(9-11-20)15-25-14-12-21-22(16-25)24-17-23-21/h8-12,14,17-18H,2-7,13,15-16H2,1H3,(H,23,24). The highest BCUT2D eigenvalue weighted by Gasteiger charge is 2.13. The van der Waals surface area contributed by atoms with Crippen molar-refractivity contribution in [3.8, 4) is 0 Å². The quantitative estimate of drug-likeness (QED) is 0.462. The number of H-pyrrole nitrogens is 1. The molecule has 1 aliphatic heterocycles. The van der Waals surface area contributed by atoms with Crippen molar-refractivity contribution < 1.29 is 4.79 Å². The van der Waals surface area contributed by atoms with E-state index in [-0.39, 0.29) is 0 Å². The second kappa shape index (κ2) is 9.95. The predicted molar refractivity (Wildman–Crippen MR) is 110 cm³/mol. The van der Waals surface area contributed by atoms with Gasteiger partial charge < -0.3 is 14.8 Å². The van der Waals surface area contributed by atoms with E-state index in [2.05, 4.69) is 52.3 Å². The molecule has 144 valence electrons. The van der Waals surface area contributed by atoms with Gasteiger partial charge in [0.25, 0.3) is 0 Å². The molecule has 0 saturated heterocycles. The van der Waals surface area contributed by atoms with E-state index < -0.39 is 0 Å². The van der Waals surface area contributed by atoms with Crippen molar-refractivity contribution in [3.05, 3.63) is 53.7 Å². The van der Waals surface area contributed by atoms with Crippen LogP contribution in [-0.2, 0) is 17.9 Å². The number of carbonyl (C=O) groups is 1. The fraction of sp³-hybridized carbons (Fsp3) is 0.455. The number of benzene rings is 1. The summed E-state index contributed by atoms with van der Waals surface area (Å²) in [5, 5.41) is 0. The van der Waals surface area contributed by atoms with Gasteiger partial charge in [0.1, 0.15) is 0 Å². The molecule has 0 saturated carbocycles. The first-order chi connectivity index (χ1) is 13.3. The Kier molecular flexibility index (Phi) is 7.08. The first kappa shape index (κ1) is 19.2. The van der Waals surface area contributed by atoms with E-state index in [1.807, 2.05) is 11.0 Å². The van der Waals surface area contributed by atoms with E-state index >= 15 is 0 Å². The van der Waals surface area contributed by atoms with E-state index in [0.29, 0.717) is 0 Å². The summed E-state index contributed by atoms with van der Waals surface area (Å²) in [7, 11) is 0. The topological polar surface area (TPSA) is 52.2 Å². The van der Waals surface area contributed by atoms with Gasteiger partial charge in [-0.1, -0.05) is 51.2 Å². The maximum Gasteiger partial charge on any atom is 0.214 e. The van der Waals surface area contributed by atoms with Crippen LogP contribution in [0.15, 0.2) is 36.8 Å². The molecule has 1 aromatic heterocycles. The zero-order valence-electron chi connectivity index (χ0n) is 16.2. The number of anilines is 1. The lowest BCUT2D eigenvalue weighted by Gasteiger charge is -2.23. The highest BCUT2D eigenvalue weighted by Crippen LogP contribution is 2.20. The smallest absolute Gasteiger partial charge is 0.214 e. The van der Waals surface area contributed by atoms with Crippen molar-refractivity contribution in [2.75, 3.05) is 11.4 Å². The molecule has 1 aromatic carbocycles. The van der Waals surface area contributed by atoms with Crippen LogP contribution in [-0.4, -0.2) is 27.8 Å². The number of aromatic amines is 1. The van der Waals surface area contributed by atoms with Crippen molar-refractivity contribution >= 4 is 18.2 Å². The third-order valence-electron chi connectivity index (χ3n) is 5.09. The summed E-state index contributed by atoms with van der Waals surface area (Å²) in [6.07, 6.45) is 14.2. The molecule has 5 nitrogen and oxygen atoms in total. The number of imidazole rings is 1. The first-order valence-corrected chi connectivity index (χ1v) is 10.1. The highest BCUT2D eigenvalue weighted by atomic mass is 16.1. The van der Waals surface area contributed by atoms with Gasteiger partial charge >= 0.3 is 0 Å². The fourth-order valence-electron chi connectivity index (χ4n) is 3.47. The Labute approximate surface area is 162 Å². The number of nitrogens with zero attached hydrogens (tertiary/aromatic N) is 3. The Morgan fingerprint density at radius 2 is 1.93 bits per heavy atom. The molecule has 2 heterocycles. The number of carbonyl (C=O) groups excluding carboxylic acids is 1. The van der Waals surface area contributed by atoms with Crippen LogP contribution in [0.4, 0.5) is 5.69 Å². The number of fused-ring (bicyclic) bond motifs is 1. The van der Waals surface area contributed by atoms with Gasteiger partial charge in [0.15, 0.2) is 0 Å². The molecule has 0 aliphatic carbocycles. The van der Waals surface area contributed by atoms with Gasteiger partial charge in [0.05, 0.1) is 24.3 Å². The molecule has 0 radical (unpaired) electrons. The zero-order chi connectivity index (χ0) is 18.9. The van der Waals surface area contributed by atoms with Gasteiger partial charge in [-0.2, -0.15) is 0 Å². The predicted octanol–water partition coefficient (Wildman–Crippen LogP) is 4.72. The Morgan fingerprint density at radius 1 is 1.15 bits per heavy atom. The molecular weight excluding hydrogens is 336 g/mol. The van der Waals surface area contributed by atoms with Crippen LogP contribution in [0.2, 0.25) is 0 Å². The summed E-state index contributed by atoms with van der Waals surface area (Å²) in [6, 6.07) is 8.33. The van der Waals surface area contributed by atoms with Gasteiger partial charge in [0, 0.05) is 25.0 Å². The highest BCUT2D eigenvalue weighted by molar-refractivity contribution is 5.74. The number of aromatic nitrogens is 2. The molecule has 2 aromatic rings. The summed E-state index contributed by atoms with van der Waals surface area (Å²) in [4.78, 5) is 23.0. The lowest BCUT2D eigenvalue weighted by atomic mass is 10.1. The van der Waals surface area contributed by atoms with Crippen molar-refractivity contribution in [1.29, 1.82) is 0 Å². The molecule has 1 aliphatic rings. The minimum Gasteiger partial charge on any atom is -0.367 e. The van der Waals surface area contributed by atoms with Crippen molar-refractivity contribution in [2.45, 2.75) is 58.5 Å². The van der Waals surface area contributed by atoms with E-state index in [4.69, 9.17) is 0 Å². The van der Waals surface area contributed by atoms with E-state index in [1.54, 1.807) is 6.33 Å². The van der Waals surface area contributed by atoms with Gasteiger partial charge in [-0.05, 0) is 30.2 Å².